The molecule has 2 aliphatic heterocycles. The molecule has 1 saturated carbocycles. The predicted molar refractivity (Wildman–Crippen MR) is 79.6 cm³/mol. The average Bonchev–Trinajstić information content (AvgIpc) is 3.27. The normalized spacial score (nSPS) is 31.7. The van der Waals surface area contributed by atoms with Crippen LogP contribution in [0.2, 0.25) is 0 Å². The number of pyridine rings is 1. The number of ether oxygens (including phenoxy) is 1. The summed E-state index contributed by atoms with van der Waals surface area (Å²) >= 11 is 0. The molecule has 3 atom stereocenters. The van der Waals surface area contributed by atoms with Crippen molar-refractivity contribution < 1.29 is 14.6 Å². The summed E-state index contributed by atoms with van der Waals surface area (Å²) in [7, 11) is 0. The van der Waals surface area contributed by atoms with Crippen LogP contribution in [0.25, 0.3) is 0 Å². The third-order valence-corrected chi connectivity index (χ3v) is 4.91. The number of hydrogen-bond donors (Lipinski definition) is 2. The molecule has 118 valence electrons. The Balaban J connectivity index is 1.35. The fraction of sp³-hybridized carbons (Fsp3) is 0.625. The number of hydrogen-bond acceptors (Lipinski definition) is 5. The predicted octanol–water partition coefficient (Wildman–Crippen LogP) is 0.769. The lowest BCUT2D eigenvalue weighted by Gasteiger charge is -2.35. The number of fused-ring (bicyclic) bond motifs is 1. The Bertz CT molecular complexity index is 576. The van der Waals surface area contributed by atoms with Gasteiger partial charge in [-0.1, -0.05) is 0 Å². The molecule has 0 spiro atoms. The van der Waals surface area contributed by atoms with E-state index in [2.05, 4.69) is 15.2 Å². The molecule has 3 heterocycles. The standard InChI is InChI=1S/C16H21N3O3/c20-14-3-11(5-17-6-14)16(21)18-12-4-13-9-22-15(10-1-2-10)8-19(13)7-12/h3,5-6,10,12-13,15,20H,1-2,4,7-9H2,(H,18,21)/t12-,13+,15-/m1/s1. The third-order valence-electron chi connectivity index (χ3n) is 4.91. The van der Waals surface area contributed by atoms with Crippen LogP contribution in [0.4, 0.5) is 0 Å². The van der Waals surface area contributed by atoms with Crippen molar-refractivity contribution in [3.05, 3.63) is 24.0 Å². The van der Waals surface area contributed by atoms with Gasteiger partial charge in [-0.25, -0.2) is 0 Å². The van der Waals surface area contributed by atoms with Gasteiger partial charge in [0.15, 0.2) is 0 Å². The van der Waals surface area contributed by atoms with E-state index in [1.165, 1.54) is 31.3 Å². The van der Waals surface area contributed by atoms with Crippen LogP contribution in [0.3, 0.4) is 0 Å². The number of carbonyl (C=O) groups is 1. The molecule has 22 heavy (non-hydrogen) atoms. The molecule has 2 saturated heterocycles. The molecular weight excluding hydrogens is 282 g/mol. The number of aromatic hydroxyl groups is 1. The third kappa shape index (κ3) is 2.80. The SMILES string of the molecule is O=C(N[C@@H]1C[C@H]2CO[C@@H](C3CC3)CN2C1)c1cncc(O)c1. The van der Waals surface area contributed by atoms with Gasteiger partial charge in [0, 0.05) is 31.4 Å². The van der Waals surface area contributed by atoms with E-state index in [1.807, 2.05) is 0 Å². The summed E-state index contributed by atoms with van der Waals surface area (Å²) in [5, 5.41) is 12.5. The topological polar surface area (TPSA) is 74.7 Å². The van der Waals surface area contributed by atoms with Gasteiger partial charge in [-0.3, -0.25) is 14.7 Å². The highest BCUT2D eigenvalue weighted by atomic mass is 16.5. The number of aromatic nitrogens is 1. The van der Waals surface area contributed by atoms with Crippen LogP contribution >= 0.6 is 0 Å². The van der Waals surface area contributed by atoms with Crippen LogP contribution in [0.5, 0.6) is 5.75 Å². The van der Waals surface area contributed by atoms with Crippen molar-refractivity contribution in [1.82, 2.24) is 15.2 Å². The Labute approximate surface area is 129 Å². The molecule has 0 unspecified atom stereocenters. The molecule has 0 bridgehead atoms. The number of carbonyl (C=O) groups excluding carboxylic acids is 1. The maximum Gasteiger partial charge on any atom is 0.253 e. The molecular formula is C16H21N3O3. The summed E-state index contributed by atoms with van der Waals surface area (Å²) in [6.45, 7) is 2.66. The minimum atomic E-state index is -0.173. The second kappa shape index (κ2) is 5.52. The number of nitrogens with zero attached hydrogens (tertiary/aromatic N) is 2. The zero-order valence-electron chi connectivity index (χ0n) is 12.4. The van der Waals surface area contributed by atoms with E-state index in [-0.39, 0.29) is 17.7 Å². The van der Waals surface area contributed by atoms with E-state index < -0.39 is 0 Å². The monoisotopic (exact) mass is 303 g/mol. The van der Waals surface area contributed by atoms with Crippen molar-refractivity contribution in [2.45, 2.75) is 37.5 Å². The fourth-order valence-electron chi connectivity index (χ4n) is 3.58. The van der Waals surface area contributed by atoms with Crippen LogP contribution in [0.1, 0.15) is 29.6 Å². The van der Waals surface area contributed by atoms with Crippen molar-refractivity contribution in [3.63, 3.8) is 0 Å². The zero-order valence-corrected chi connectivity index (χ0v) is 12.4. The lowest BCUT2D eigenvalue weighted by atomic mass is 10.1. The lowest BCUT2D eigenvalue weighted by Crippen LogP contribution is -2.47. The van der Waals surface area contributed by atoms with Gasteiger partial charge >= 0.3 is 0 Å². The van der Waals surface area contributed by atoms with Crippen LogP contribution in [0, 0.1) is 5.92 Å². The Hall–Kier alpha value is -1.66. The quantitative estimate of drug-likeness (QED) is 0.863. The Kier molecular flexibility index (Phi) is 3.50. The van der Waals surface area contributed by atoms with Gasteiger partial charge in [0.25, 0.3) is 5.91 Å². The zero-order chi connectivity index (χ0) is 15.1. The van der Waals surface area contributed by atoms with Gasteiger partial charge in [0.2, 0.25) is 0 Å². The molecule has 1 amide bonds. The smallest absolute Gasteiger partial charge is 0.253 e. The summed E-state index contributed by atoms with van der Waals surface area (Å²) in [5.41, 5.74) is 0.400. The van der Waals surface area contributed by atoms with Crippen molar-refractivity contribution in [1.29, 1.82) is 0 Å². The molecule has 6 nitrogen and oxygen atoms in total. The van der Waals surface area contributed by atoms with Crippen molar-refractivity contribution in [2.24, 2.45) is 5.92 Å². The van der Waals surface area contributed by atoms with E-state index in [0.29, 0.717) is 17.7 Å². The molecule has 0 aromatic carbocycles. The Morgan fingerprint density at radius 2 is 2.23 bits per heavy atom. The summed E-state index contributed by atoms with van der Waals surface area (Å²) in [5.74, 6) is 0.595. The van der Waals surface area contributed by atoms with Gasteiger partial charge in [-0.2, -0.15) is 0 Å². The van der Waals surface area contributed by atoms with Gasteiger partial charge in [-0.05, 0) is 31.2 Å². The fourth-order valence-corrected chi connectivity index (χ4v) is 3.58. The second-order valence-corrected chi connectivity index (χ2v) is 6.65. The number of morpholine rings is 1. The molecule has 1 aromatic rings. The number of amides is 1. The average molecular weight is 303 g/mol. The van der Waals surface area contributed by atoms with Crippen LogP contribution in [-0.2, 0) is 4.74 Å². The molecule has 3 aliphatic rings. The first-order chi connectivity index (χ1) is 10.7. The maximum atomic E-state index is 12.2. The minimum absolute atomic E-state index is 0.0113. The Morgan fingerprint density at radius 1 is 1.36 bits per heavy atom. The van der Waals surface area contributed by atoms with Crippen molar-refractivity contribution >= 4 is 5.91 Å². The number of nitrogens with one attached hydrogen (secondary N) is 1. The maximum absolute atomic E-state index is 12.2. The summed E-state index contributed by atoms with van der Waals surface area (Å²) in [6.07, 6.45) is 6.71. The first-order valence-electron chi connectivity index (χ1n) is 7.99. The van der Waals surface area contributed by atoms with Crippen LogP contribution in [-0.4, -0.2) is 58.8 Å². The van der Waals surface area contributed by atoms with Crippen molar-refractivity contribution in [2.75, 3.05) is 19.7 Å². The van der Waals surface area contributed by atoms with Gasteiger partial charge in [0.1, 0.15) is 5.75 Å². The largest absolute Gasteiger partial charge is 0.506 e. The van der Waals surface area contributed by atoms with E-state index in [0.717, 1.165) is 32.0 Å². The van der Waals surface area contributed by atoms with Gasteiger partial charge in [0.05, 0.1) is 24.5 Å². The van der Waals surface area contributed by atoms with Crippen LogP contribution < -0.4 is 5.32 Å². The Morgan fingerprint density at radius 3 is 3.00 bits per heavy atom. The van der Waals surface area contributed by atoms with Crippen LogP contribution in [0.15, 0.2) is 18.5 Å². The molecule has 1 aliphatic carbocycles. The van der Waals surface area contributed by atoms with Gasteiger partial charge < -0.3 is 15.2 Å². The second-order valence-electron chi connectivity index (χ2n) is 6.65. The molecule has 0 radical (unpaired) electrons. The molecule has 6 heteroatoms. The number of rotatable bonds is 3. The first-order valence-corrected chi connectivity index (χ1v) is 7.99. The van der Waals surface area contributed by atoms with Crippen molar-refractivity contribution in [3.8, 4) is 5.75 Å². The summed E-state index contributed by atoms with van der Waals surface area (Å²) < 4.78 is 5.97. The molecule has 1 aromatic heterocycles. The van der Waals surface area contributed by atoms with E-state index >= 15 is 0 Å². The molecule has 4 rings (SSSR count). The molecule has 3 fully saturated rings. The van der Waals surface area contributed by atoms with E-state index in [4.69, 9.17) is 4.74 Å². The summed E-state index contributed by atoms with van der Waals surface area (Å²) in [4.78, 5) is 18.5. The first kappa shape index (κ1) is 14.0. The highest BCUT2D eigenvalue weighted by molar-refractivity contribution is 5.94. The lowest BCUT2D eigenvalue weighted by molar-refractivity contribution is -0.0581. The highest BCUT2D eigenvalue weighted by Gasteiger charge is 2.42. The van der Waals surface area contributed by atoms with Gasteiger partial charge in [-0.15, -0.1) is 0 Å². The molecule has 2 N–H and O–H groups in total. The summed E-state index contributed by atoms with van der Waals surface area (Å²) in [6, 6.07) is 2.00. The minimum Gasteiger partial charge on any atom is -0.506 e. The van der Waals surface area contributed by atoms with E-state index in [1.54, 1.807) is 0 Å². The van der Waals surface area contributed by atoms with E-state index in [9.17, 15) is 9.90 Å². The highest BCUT2D eigenvalue weighted by Crippen LogP contribution is 2.37.